The molecular formula is C16H18N2O4. The number of morpholine rings is 1. The van der Waals surface area contributed by atoms with Gasteiger partial charge >= 0.3 is 6.08 Å². The summed E-state index contributed by atoms with van der Waals surface area (Å²) in [5.41, 5.74) is 0.766. The molecule has 0 N–H and O–H groups in total. The number of ether oxygens (including phenoxy) is 2. The molecule has 0 radical (unpaired) electrons. The Morgan fingerprint density at radius 2 is 2.14 bits per heavy atom. The van der Waals surface area contributed by atoms with Crippen molar-refractivity contribution in [2.24, 2.45) is 0 Å². The lowest BCUT2D eigenvalue weighted by Crippen LogP contribution is -2.50. The van der Waals surface area contributed by atoms with Crippen molar-refractivity contribution < 1.29 is 18.7 Å². The molecular weight excluding hydrogens is 284 g/mol. The monoisotopic (exact) mass is 302 g/mol. The fraction of sp³-hybridized carbons (Fsp3) is 0.375. The largest absolute Gasteiger partial charge is 0.454 e. The Hall–Kier alpha value is -2.34. The molecule has 0 aliphatic carbocycles. The van der Waals surface area contributed by atoms with E-state index < -0.39 is 5.60 Å². The average molecular weight is 302 g/mol. The predicted molar refractivity (Wildman–Crippen MR) is 78.7 cm³/mol. The van der Waals surface area contributed by atoms with Crippen LogP contribution in [0.3, 0.4) is 0 Å². The summed E-state index contributed by atoms with van der Waals surface area (Å²) >= 11 is 0. The highest BCUT2D eigenvalue weighted by Crippen LogP contribution is 2.30. The maximum Gasteiger partial charge on any atom is 0.393 e. The van der Waals surface area contributed by atoms with Crippen LogP contribution in [-0.4, -0.2) is 42.6 Å². The van der Waals surface area contributed by atoms with Crippen molar-refractivity contribution >= 4 is 5.91 Å². The summed E-state index contributed by atoms with van der Waals surface area (Å²) in [6.45, 7) is 3.46. The molecule has 0 spiro atoms. The molecule has 2 heterocycles. The molecule has 6 heteroatoms. The fourth-order valence-electron chi connectivity index (χ4n) is 2.62. The minimum atomic E-state index is -0.525. The Bertz CT molecular complexity index is 655. The Kier molecular flexibility index (Phi) is 3.85. The summed E-state index contributed by atoms with van der Waals surface area (Å²) in [7, 11) is 1.45. The number of benzene rings is 1. The molecule has 0 saturated carbocycles. The van der Waals surface area contributed by atoms with Gasteiger partial charge in [-0.15, -0.1) is 0 Å². The first-order valence-electron chi connectivity index (χ1n) is 7.11. The SMILES string of the molecule is COc1nc(C(=O)N2CCOC(C)(c3ccccc3)C2)co1. The van der Waals surface area contributed by atoms with Crippen molar-refractivity contribution in [1.82, 2.24) is 9.88 Å². The molecule has 6 nitrogen and oxygen atoms in total. The Labute approximate surface area is 128 Å². The number of hydrogen-bond acceptors (Lipinski definition) is 5. The lowest BCUT2D eigenvalue weighted by atomic mass is 9.94. The van der Waals surface area contributed by atoms with Gasteiger partial charge in [0.05, 0.1) is 20.3 Å². The first kappa shape index (κ1) is 14.6. The molecule has 1 atom stereocenters. The van der Waals surface area contributed by atoms with Crippen LogP contribution in [0.15, 0.2) is 41.0 Å². The van der Waals surface area contributed by atoms with Crippen LogP contribution in [0.5, 0.6) is 6.08 Å². The van der Waals surface area contributed by atoms with E-state index in [4.69, 9.17) is 13.9 Å². The second-order valence-corrected chi connectivity index (χ2v) is 5.37. The van der Waals surface area contributed by atoms with Crippen LogP contribution in [0.25, 0.3) is 0 Å². The van der Waals surface area contributed by atoms with Gasteiger partial charge in [0.1, 0.15) is 11.9 Å². The third-order valence-electron chi connectivity index (χ3n) is 3.82. The molecule has 22 heavy (non-hydrogen) atoms. The normalized spacial score (nSPS) is 21.6. The number of rotatable bonds is 3. The molecule has 1 amide bonds. The third kappa shape index (κ3) is 2.69. The molecule has 1 aliphatic heterocycles. The molecule has 1 fully saturated rings. The van der Waals surface area contributed by atoms with Gasteiger partial charge in [0.25, 0.3) is 5.91 Å². The molecule has 1 aromatic heterocycles. The zero-order chi connectivity index (χ0) is 15.6. The highest BCUT2D eigenvalue weighted by molar-refractivity contribution is 5.92. The molecule has 1 aliphatic rings. The highest BCUT2D eigenvalue weighted by atomic mass is 16.6. The van der Waals surface area contributed by atoms with Crippen molar-refractivity contribution in [1.29, 1.82) is 0 Å². The van der Waals surface area contributed by atoms with Crippen molar-refractivity contribution in [3.63, 3.8) is 0 Å². The van der Waals surface area contributed by atoms with E-state index in [1.165, 1.54) is 13.4 Å². The van der Waals surface area contributed by atoms with Crippen LogP contribution in [0.2, 0.25) is 0 Å². The summed E-state index contributed by atoms with van der Waals surface area (Å²) < 4.78 is 15.9. The Morgan fingerprint density at radius 3 is 2.82 bits per heavy atom. The van der Waals surface area contributed by atoms with Crippen LogP contribution in [0, 0.1) is 0 Å². The topological polar surface area (TPSA) is 64.8 Å². The van der Waals surface area contributed by atoms with Crippen LogP contribution < -0.4 is 4.74 Å². The van der Waals surface area contributed by atoms with E-state index in [9.17, 15) is 4.79 Å². The van der Waals surface area contributed by atoms with E-state index in [1.807, 2.05) is 37.3 Å². The van der Waals surface area contributed by atoms with E-state index in [2.05, 4.69) is 4.98 Å². The van der Waals surface area contributed by atoms with E-state index >= 15 is 0 Å². The number of methoxy groups -OCH3 is 1. The second-order valence-electron chi connectivity index (χ2n) is 5.37. The Balaban J connectivity index is 1.79. The minimum absolute atomic E-state index is 0.0856. The highest BCUT2D eigenvalue weighted by Gasteiger charge is 2.36. The van der Waals surface area contributed by atoms with Gasteiger partial charge in [-0.05, 0) is 12.5 Å². The number of nitrogens with zero attached hydrogens (tertiary/aromatic N) is 2. The smallest absolute Gasteiger partial charge is 0.393 e. The van der Waals surface area contributed by atoms with E-state index in [1.54, 1.807) is 4.90 Å². The predicted octanol–water partition coefficient (Wildman–Crippen LogP) is 2.07. The molecule has 1 aromatic carbocycles. The van der Waals surface area contributed by atoms with Crippen LogP contribution in [0.1, 0.15) is 23.0 Å². The molecule has 1 saturated heterocycles. The zero-order valence-electron chi connectivity index (χ0n) is 12.6. The molecule has 2 aromatic rings. The van der Waals surface area contributed by atoms with Crippen LogP contribution in [0.4, 0.5) is 0 Å². The lowest BCUT2D eigenvalue weighted by Gasteiger charge is -2.40. The summed E-state index contributed by atoms with van der Waals surface area (Å²) in [6.07, 6.45) is 1.40. The van der Waals surface area contributed by atoms with Gasteiger partial charge < -0.3 is 18.8 Å². The van der Waals surface area contributed by atoms with Crippen LogP contribution >= 0.6 is 0 Å². The molecule has 3 rings (SSSR count). The Morgan fingerprint density at radius 1 is 1.36 bits per heavy atom. The second kappa shape index (κ2) is 5.81. The molecule has 0 bridgehead atoms. The van der Waals surface area contributed by atoms with Gasteiger partial charge in [0, 0.05) is 6.54 Å². The van der Waals surface area contributed by atoms with Crippen molar-refractivity contribution in [3.8, 4) is 6.08 Å². The summed E-state index contributed by atoms with van der Waals surface area (Å²) in [4.78, 5) is 18.3. The van der Waals surface area contributed by atoms with E-state index in [0.717, 1.165) is 5.56 Å². The van der Waals surface area contributed by atoms with Gasteiger partial charge in [-0.25, -0.2) is 0 Å². The zero-order valence-corrected chi connectivity index (χ0v) is 12.6. The molecule has 116 valence electrons. The van der Waals surface area contributed by atoms with E-state index in [0.29, 0.717) is 19.7 Å². The fourth-order valence-corrected chi connectivity index (χ4v) is 2.62. The summed E-state index contributed by atoms with van der Waals surface area (Å²) in [6, 6.07) is 9.90. The van der Waals surface area contributed by atoms with Gasteiger partial charge in [-0.3, -0.25) is 4.79 Å². The number of carbonyl (C=O) groups is 1. The average Bonchev–Trinajstić information content (AvgIpc) is 3.04. The quantitative estimate of drug-likeness (QED) is 0.868. The first-order valence-corrected chi connectivity index (χ1v) is 7.11. The van der Waals surface area contributed by atoms with Gasteiger partial charge in [0.15, 0.2) is 5.69 Å². The first-order chi connectivity index (χ1) is 10.6. The van der Waals surface area contributed by atoms with Gasteiger partial charge in [0.2, 0.25) is 0 Å². The minimum Gasteiger partial charge on any atom is -0.454 e. The standard InChI is InChI=1S/C16H18N2O4/c1-16(12-6-4-3-5-7-12)11-18(8-9-22-16)14(19)13-10-21-15(17-13)20-2/h3-7,10H,8-9,11H2,1-2H3. The molecule has 1 unspecified atom stereocenters. The van der Waals surface area contributed by atoms with Crippen molar-refractivity contribution in [2.75, 3.05) is 26.8 Å². The third-order valence-corrected chi connectivity index (χ3v) is 3.82. The number of carbonyl (C=O) groups excluding carboxylic acids is 1. The van der Waals surface area contributed by atoms with Gasteiger partial charge in [-0.2, -0.15) is 4.98 Å². The maximum atomic E-state index is 12.5. The van der Waals surface area contributed by atoms with Crippen LogP contribution in [-0.2, 0) is 10.3 Å². The number of amides is 1. The van der Waals surface area contributed by atoms with Crippen molar-refractivity contribution in [2.45, 2.75) is 12.5 Å². The lowest BCUT2D eigenvalue weighted by molar-refractivity contribution is -0.0931. The summed E-state index contributed by atoms with van der Waals surface area (Å²) in [5.74, 6) is -0.183. The number of oxazole rings is 1. The maximum absolute atomic E-state index is 12.5. The van der Waals surface area contributed by atoms with Gasteiger partial charge in [-0.1, -0.05) is 30.3 Å². The van der Waals surface area contributed by atoms with Crippen molar-refractivity contribution in [3.05, 3.63) is 47.9 Å². The van der Waals surface area contributed by atoms with E-state index in [-0.39, 0.29) is 17.7 Å². The number of hydrogen-bond donors (Lipinski definition) is 0. The summed E-state index contributed by atoms with van der Waals surface area (Å²) in [5, 5.41) is 0. The number of aromatic nitrogens is 1.